The number of hydrazone groups is 1. The van der Waals surface area contributed by atoms with E-state index in [0.717, 1.165) is 59.5 Å². The molecule has 0 radical (unpaired) electrons. The Balaban J connectivity index is 1.47. The number of thioether (sulfide) groups is 1. The number of aliphatic imine (C=N–C) groups is 1. The van der Waals surface area contributed by atoms with Gasteiger partial charge >= 0.3 is 0 Å². The van der Waals surface area contributed by atoms with Gasteiger partial charge in [-0.05, 0) is 74.2 Å². The van der Waals surface area contributed by atoms with Gasteiger partial charge < -0.3 is 14.2 Å². The number of fused-ring (bicyclic) bond motifs is 1. The van der Waals surface area contributed by atoms with Gasteiger partial charge in [0, 0.05) is 24.5 Å². The first-order chi connectivity index (χ1) is 16.4. The van der Waals surface area contributed by atoms with Crippen LogP contribution >= 0.6 is 11.8 Å². The summed E-state index contributed by atoms with van der Waals surface area (Å²) in [6, 6.07) is 9.84. The molecule has 1 fully saturated rings. The Morgan fingerprint density at radius 1 is 1.18 bits per heavy atom. The van der Waals surface area contributed by atoms with Crippen molar-refractivity contribution >= 4 is 39.9 Å². The van der Waals surface area contributed by atoms with Crippen molar-refractivity contribution in [2.24, 2.45) is 16.0 Å². The highest BCUT2D eigenvalue weighted by molar-refractivity contribution is 8.26. The molecule has 3 aliphatic rings. The van der Waals surface area contributed by atoms with Gasteiger partial charge in [0.15, 0.2) is 11.0 Å². The number of benzene rings is 1. The lowest BCUT2D eigenvalue weighted by Crippen LogP contribution is -2.36. The second-order valence-corrected chi connectivity index (χ2v) is 9.84. The lowest BCUT2D eigenvalue weighted by Gasteiger charge is -2.30. The Kier molecular flexibility index (Phi) is 5.81. The summed E-state index contributed by atoms with van der Waals surface area (Å²) in [5.41, 5.74) is 3.98. The fourth-order valence-electron chi connectivity index (χ4n) is 4.58. The molecule has 0 saturated carbocycles. The van der Waals surface area contributed by atoms with Gasteiger partial charge in [0.25, 0.3) is 5.91 Å². The average molecular weight is 477 g/mol. The van der Waals surface area contributed by atoms with Gasteiger partial charge in [0.05, 0.1) is 18.4 Å². The van der Waals surface area contributed by atoms with Crippen LogP contribution in [-0.4, -0.2) is 56.8 Å². The van der Waals surface area contributed by atoms with Crippen molar-refractivity contribution in [2.45, 2.75) is 33.6 Å². The van der Waals surface area contributed by atoms with Gasteiger partial charge in [-0.3, -0.25) is 10.2 Å². The van der Waals surface area contributed by atoms with Crippen molar-refractivity contribution in [3.8, 4) is 11.4 Å². The molecular weight excluding hydrogens is 448 g/mol. The second kappa shape index (κ2) is 8.79. The molecule has 34 heavy (non-hydrogen) atoms. The molecule has 4 heterocycles. The number of carbonyl (C=O) groups is 1. The van der Waals surface area contributed by atoms with E-state index in [9.17, 15) is 4.79 Å². The fraction of sp³-hybridized carbons (Fsp3) is 0.360. The number of nitrogens with one attached hydrogen (secondary N) is 1. The van der Waals surface area contributed by atoms with Crippen LogP contribution in [0.2, 0.25) is 0 Å². The third kappa shape index (κ3) is 3.83. The summed E-state index contributed by atoms with van der Waals surface area (Å²) in [4.78, 5) is 19.4. The molecule has 1 aromatic heterocycles. The number of hydrogen-bond donors (Lipinski definition) is 1. The van der Waals surface area contributed by atoms with Crippen molar-refractivity contribution in [1.29, 1.82) is 5.41 Å². The minimum Gasteiger partial charge on any atom is -0.495 e. The first-order valence-corrected chi connectivity index (χ1v) is 12.3. The average Bonchev–Trinajstić information content (AvgIpc) is 3.37. The Morgan fingerprint density at radius 2 is 1.91 bits per heavy atom. The highest BCUT2D eigenvalue weighted by atomic mass is 32.2. The molecule has 0 bridgehead atoms. The second-order valence-electron chi connectivity index (χ2n) is 8.91. The molecule has 1 aromatic carbocycles. The molecular formula is C25H28N6O2S. The fourth-order valence-corrected chi connectivity index (χ4v) is 5.53. The number of rotatable bonds is 3. The summed E-state index contributed by atoms with van der Waals surface area (Å²) >= 11 is 1.37. The van der Waals surface area contributed by atoms with Gasteiger partial charge in [-0.15, -0.1) is 5.10 Å². The zero-order chi connectivity index (χ0) is 24.0. The maximum Gasteiger partial charge on any atom is 0.283 e. The van der Waals surface area contributed by atoms with E-state index in [1.165, 1.54) is 16.8 Å². The minimum absolute atomic E-state index is 0.0602. The molecule has 8 nitrogen and oxygen atoms in total. The van der Waals surface area contributed by atoms with E-state index in [1.807, 2.05) is 44.2 Å². The molecule has 3 aliphatic heterocycles. The highest BCUT2D eigenvalue weighted by Gasteiger charge is 2.38. The summed E-state index contributed by atoms with van der Waals surface area (Å²) in [5.74, 6) is 1.13. The van der Waals surface area contributed by atoms with Crippen LogP contribution in [0.5, 0.6) is 5.75 Å². The van der Waals surface area contributed by atoms with E-state index < -0.39 is 5.91 Å². The Bertz CT molecular complexity index is 1270. The normalized spacial score (nSPS) is 20.1. The maximum absolute atomic E-state index is 12.9. The molecule has 176 valence electrons. The number of likely N-dealkylation sites (tertiary alicyclic amines) is 1. The summed E-state index contributed by atoms with van der Waals surface area (Å²) in [7, 11) is 1.65. The minimum atomic E-state index is -0.408. The number of aromatic nitrogens is 1. The van der Waals surface area contributed by atoms with Crippen molar-refractivity contribution < 1.29 is 9.53 Å². The molecule has 0 atom stereocenters. The number of hydrogen-bond acceptors (Lipinski definition) is 6. The number of methoxy groups -OCH3 is 1. The van der Waals surface area contributed by atoms with Crippen molar-refractivity contribution in [2.75, 3.05) is 20.2 Å². The van der Waals surface area contributed by atoms with Gasteiger partial charge in [-0.2, -0.15) is 10.0 Å². The first kappa shape index (κ1) is 22.5. The third-order valence-electron chi connectivity index (χ3n) is 6.59. The van der Waals surface area contributed by atoms with Crippen LogP contribution in [0.3, 0.4) is 0 Å². The monoisotopic (exact) mass is 476 g/mol. The Morgan fingerprint density at radius 3 is 2.65 bits per heavy atom. The van der Waals surface area contributed by atoms with E-state index >= 15 is 0 Å². The number of carbonyl (C=O) groups excluding carboxylic acids is 1. The summed E-state index contributed by atoms with van der Waals surface area (Å²) in [5, 5.41) is 16.2. The molecule has 0 unspecified atom stereocenters. The first-order valence-electron chi connectivity index (χ1n) is 11.4. The predicted molar refractivity (Wildman–Crippen MR) is 137 cm³/mol. The Labute approximate surface area is 203 Å². The summed E-state index contributed by atoms with van der Waals surface area (Å²) in [6.45, 7) is 8.15. The Hall–Kier alpha value is -3.33. The largest absolute Gasteiger partial charge is 0.495 e. The molecule has 1 saturated heterocycles. The number of amidine groups is 3. The number of aryl methyl sites for hydroxylation is 1. The summed E-state index contributed by atoms with van der Waals surface area (Å²) < 4.78 is 7.64. The standard InChI is InChI=1S/C25H28N6O2S/c1-15-9-11-29(12-10-15)25-28-31-22(26)19(23(32)27-24(31)34-25)14-18-13-16(2)30(17(18)3)20-7-5-6-8-21(20)33-4/h5-8,13-15,26H,9-12H2,1-4H3/b19-14-,26-22?. The zero-order valence-corrected chi connectivity index (χ0v) is 20.6. The molecule has 9 heteroatoms. The van der Waals surface area contributed by atoms with E-state index in [4.69, 9.17) is 10.1 Å². The van der Waals surface area contributed by atoms with Gasteiger partial charge in [0.1, 0.15) is 5.75 Å². The van der Waals surface area contributed by atoms with Crippen LogP contribution in [0.4, 0.5) is 0 Å². The number of piperidine rings is 1. The van der Waals surface area contributed by atoms with Crippen molar-refractivity contribution in [1.82, 2.24) is 14.5 Å². The lowest BCUT2D eigenvalue weighted by molar-refractivity contribution is -0.114. The van der Waals surface area contributed by atoms with Gasteiger partial charge in [-0.1, -0.05) is 19.1 Å². The van der Waals surface area contributed by atoms with E-state index in [-0.39, 0.29) is 11.4 Å². The van der Waals surface area contributed by atoms with E-state index in [2.05, 4.69) is 26.5 Å². The van der Waals surface area contributed by atoms with Crippen LogP contribution in [0.1, 0.15) is 36.7 Å². The summed E-state index contributed by atoms with van der Waals surface area (Å²) in [6.07, 6.45) is 3.99. The molecule has 0 spiro atoms. The molecule has 2 aromatic rings. The van der Waals surface area contributed by atoms with E-state index in [0.29, 0.717) is 11.1 Å². The molecule has 1 N–H and O–H groups in total. The maximum atomic E-state index is 12.9. The lowest BCUT2D eigenvalue weighted by atomic mass is 10.00. The quantitative estimate of drug-likeness (QED) is 0.663. The number of nitrogens with zero attached hydrogens (tertiary/aromatic N) is 5. The van der Waals surface area contributed by atoms with Crippen LogP contribution in [0.25, 0.3) is 11.8 Å². The SMILES string of the molecule is COc1ccccc1-n1c(C)cc(/C=C2/C(=N)N3N=C(N4CCC(C)CC4)SC3=NC2=O)c1C. The van der Waals surface area contributed by atoms with Crippen LogP contribution in [-0.2, 0) is 4.79 Å². The zero-order valence-electron chi connectivity index (χ0n) is 19.8. The number of amides is 1. The van der Waals surface area contributed by atoms with Crippen LogP contribution in [0, 0.1) is 25.2 Å². The predicted octanol–water partition coefficient (Wildman–Crippen LogP) is 4.41. The number of para-hydroxylation sites is 2. The third-order valence-corrected chi connectivity index (χ3v) is 7.56. The highest BCUT2D eigenvalue weighted by Crippen LogP contribution is 2.33. The molecule has 5 rings (SSSR count). The smallest absolute Gasteiger partial charge is 0.283 e. The topological polar surface area (TPSA) is 86.3 Å². The van der Waals surface area contributed by atoms with E-state index in [1.54, 1.807) is 13.2 Å². The van der Waals surface area contributed by atoms with Crippen molar-refractivity contribution in [3.63, 3.8) is 0 Å². The molecule has 0 aliphatic carbocycles. The number of ether oxygens (including phenoxy) is 1. The van der Waals surface area contributed by atoms with Crippen LogP contribution in [0.15, 0.2) is 46.0 Å². The van der Waals surface area contributed by atoms with Gasteiger partial charge in [-0.25, -0.2) is 0 Å². The van der Waals surface area contributed by atoms with Crippen LogP contribution < -0.4 is 4.74 Å². The van der Waals surface area contributed by atoms with Crippen molar-refractivity contribution in [3.05, 3.63) is 52.9 Å². The van der Waals surface area contributed by atoms with Gasteiger partial charge in [0.2, 0.25) is 5.17 Å². The molecule has 1 amide bonds.